The van der Waals surface area contributed by atoms with Crippen molar-refractivity contribution in [3.63, 3.8) is 0 Å². The Balaban J connectivity index is 1.34. The maximum absolute atomic E-state index is 5.62. The average Bonchev–Trinajstić information content (AvgIpc) is 3.07. The topological polar surface area (TPSA) is 76.5 Å². The summed E-state index contributed by atoms with van der Waals surface area (Å²) in [5.74, 6) is 4.12. The zero-order valence-electron chi connectivity index (χ0n) is 23.2. The fraction of sp³-hybridized carbons (Fsp3) is 0.0588. The van der Waals surface area contributed by atoms with E-state index < -0.39 is 0 Å². The van der Waals surface area contributed by atoms with Gasteiger partial charge in [-0.05, 0) is 83.9 Å². The van der Waals surface area contributed by atoms with Crippen molar-refractivity contribution < 1.29 is 9.47 Å². The largest absolute Gasteiger partial charge is 0.493 e. The molecular formula is C34H28N6O2. The Morgan fingerprint density at radius 3 is 1.19 bits per heavy atom. The molecule has 0 aliphatic rings. The summed E-state index contributed by atoms with van der Waals surface area (Å²) in [5.41, 5.74) is 3.96. The molecule has 42 heavy (non-hydrogen) atoms. The lowest BCUT2D eigenvalue weighted by Crippen LogP contribution is -2.14. The van der Waals surface area contributed by atoms with Gasteiger partial charge in [0.1, 0.15) is 11.6 Å². The highest BCUT2D eigenvalue weighted by atomic mass is 16.5. The standard InChI is InChI=1S/C34H28N6O2/c1-41-29-9-7-23-37-33(29)39(31-11-3-5-21-35-31)27-17-13-25(14-18-27)26-15-19-28(20-16-26)40(32-12-4-6-22-36-32)34-30(42-2)10-8-24-38-34/h3-24H,1-2H3. The van der Waals surface area contributed by atoms with Crippen molar-refractivity contribution in [2.45, 2.75) is 0 Å². The summed E-state index contributed by atoms with van der Waals surface area (Å²) in [6.07, 6.45) is 7.03. The van der Waals surface area contributed by atoms with Crippen LogP contribution in [0.25, 0.3) is 11.1 Å². The van der Waals surface area contributed by atoms with E-state index in [0.29, 0.717) is 23.1 Å². The first-order valence-corrected chi connectivity index (χ1v) is 13.4. The van der Waals surface area contributed by atoms with Gasteiger partial charge in [0.05, 0.1) is 14.2 Å². The van der Waals surface area contributed by atoms with E-state index in [9.17, 15) is 0 Å². The van der Waals surface area contributed by atoms with Gasteiger partial charge in [0.2, 0.25) is 0 Å². The van der Waals surface area contributed by atoms with Gasteiger partial charge in [0, 0.05) is 36.2 Å². The molecule has 6 rings (SSSR count). The minimum atomic E-state index is 0.657. The first-order chi connectivity index (χ1) is 20.8. The molecule has 0 aliphatic heterocycles. The van der Waals surface area contributed by atoms with Crippen LogP contribution in [0.2, 0.25) is 0 Å². The molecule has 6 aromatic rings. The number of aromatic nitrogens is 4. The SMILES string of the molecule is COc1cccnc1N(c1ccc(-c2ccc(N(c3ccccn3)c3ncccc3OC)cc2)cc1)c1ccccn1. The van der Waals surface area contributed by atoms with Gasteiger partial charge in [-0.15, -0.1) is 0 Å². The third-order valence-corrected chi connectivity index (χ3v) is 6.71. The molecule has 4 heterocycles. The molecule has 8 nitrogen and oxygen atoms in total. The van der Waals surface area contributed by atoms with E-state index in [0.717, 1.165) is 34.1 Å². The lowest BCUT2D eigenvalue weighted by Gasteiger charge is -2.25. The van der Waals surface area contributed by atoms with E-state index >= 15 is 0 Å². The minimum Gasteiger partial charge on any atom is -0.493 e. The molecule has 206 valence electrons. The second-order valence-corrected chi connectivity index (χ2v) is 9.20. The van der Waals surface area contributed by atoms with Crippen molar-refractivity contribution in [3.8, 4) is 22.6 Å². The summed E-state index contributed by atoms with van der Waals surface area (Å²) in [4.78, 5) is 22.3. The predicted molar refractivity (Wildman–Crippen MR) is 166 cm³/mol. The van der Waals surface area contributed by atoms with Crippen LogP contribution in [-0.2, 0) is 0 Å². The summed E-state index contributed by atoms with van der Waals surface area (Å²) in [7, 11) is 3.28. The third kappa shape index (κ3) is 5.33. The van der Waals surface area contributed by atoms with E-state index in [4.69, 9.17) is 9.47 Å². The molecule has 0 radical (unpaired) electrons. The van der Waals surface area contributed by atoms with Crippen LogP contribution < -0.4 is 19.3 Å². The Morgan fingerprint density at radius 2 is 0.833 bits per heavy atom. The summed E-state index contributed by atoms with van der Waals surface area (Å²) in [5, 5.41) is 0. The second-order valence-electron chi connectivity index (χ2n) is 9.20. The molecule has 4 aromatic heterocycles. The van der Waals surface area contributed by atoms with Crippen LogP contribution in [0.1, 0.15) is 0 Å². The van der Waals surface area contributed by atoms with Crippen LogP contribution in [0.15, 0.2) is 134 Å². The zero-order valence-corrected chi connectivity index (χ0v) is 23.2. The van der Waals surface area contributed by atoms with Crippen molar-refractivity contribution >= 4 is 34.6 Å². The average molecular weight is 553 g/mol. The molecule has 0 atom stereocenters. The lowest BCUT2D eigenvalue weighted by molar-refractivity contribution is 0.414. The van der Waals surface area contributed by atoms with Crippen LogP contribution in [0.3, 0.4) is 0 Å². The van der Waals surface area contributed by atoms with Crippen LogP contribution in [0.4, 0.5) is 34.6 Å². The zero-order chi connectivity index (χ0) is 28.7. The van der Waals surface area contributed by atoms with Gasteiger partial charge in [-0.1, -0.05) is 36.4 Å². The number of benzene rings is 2. The number of nitrogens with zero attached hydrogens (tertiary/aromatic N) is 6. The molecular weight excluding hydrogens is 524 g/mol. The fourth-order valence-corrected chi connectivity index (χ4v) is 4.72. The van der Waals surface area contributed by atoms with Gasteiger partial charge in [-0.3, -0.25) is 9.80 Å². The fourth-order valence-electron chi connectivity index (χ4n) is 4.72. The van der Waals surface area contributed by atoms with E-state index in [1.807, 2.05) is 70.5 Å². The number of pyridine rings is 4. The van der Waals surface area contributed by atoms with Crippen LogP contribution >= 0.6 is 0 Å². The third-order valence-electron chi connectivity index (χ3n) is 6.71. The molecule has 0 bridgehead atoms. The molecule has 8 heteroatoms. The number of rotatable bonds is 9. The number of hydrogen-bond donors (Lipinski definition) is 0. The van der Waals surface area contributed by atoms with Gasteiger partial charge in [0.25, 0.3) is 0 Å². The highest BCUT2D eigenvalue weighted by Gasteiger charge is 2.20. The van der Waals surface area contributed by atoms with E-state index in [1.54, 1.807) is 39.0 Å². The predicted octanol–water partition coefficient (Wildman–Crippen LogP) is 7.89. The number of methoxy groups -OCH3 is 2. The summed E-state index contributed by atoms with van der Waals surface area (Å²) < 4.78 is 11.2. The first kappa shape index (κ1) is 26.5. The van der Waals surface area contributed by atoms with Crippen LogP contribution in [0, 0.1) is 0 Å². The molecule has 0 saturated heterocycles. The van der Waals surface area contributed by atoms with Crippen molar-refractivity contribution in [2.75, 3.05) is 24.0 Å². The molecule has 0 N–H and O–H groups in total. The first-order valence-electron chi connectivity index (χ1n) is 13.4. The molecule has 0 spiro atoms. The van der Waals surface area contributed by atoms with Gasteiger partial charge in [0.15, 0.2) is 23.1 Å². The normalized spacial score (nSPS) is 10.6. The Labute approximate surface area is 244 Å². The Morgan fingerprint density at radius 1 is 0.429 bits per heavy atom. The second kappa shape index (κ2) is 12.2. The van der Waals surface area contributed by atoms with Crippen molar-refractivity contribution in [1.82, 2.24) is 19.9 Å². The van der Waals surface area contributed by atoms with E-state index in [1.165, 1.54) is 0 Å². The van der Waals surface area contributed by atoms with Gasteiger partial charge in [-0.25, -0.2) is 19.9 Å². The molecule has 0 amide bonds. The Hall–Kier alpha value is -5.76. The van der Waals surface area contributed by atoms with E-state index in [-0.39, 0.29) is 0 Å². The molecule has 0 fully saturated rings. The summed E-state index contributed by atoms with van der Waals surface area (Å²) in [6, 6.07) is 35.7. The number of ether oxygens (including phenoxy) is 2. The van der Waals surface area contributed by atoms with Crippen LogP contribution in [0.5, 0.6) is 11.5 Å². The van der Waals surface area contributed by atoms with Gasteiger partial charge < -0.3 is 9.47 Å². The molecule has 0 unspecified atom stereocenters. The maximum Gasteiger partial charge on any atom is 0.181 e. The highest BCUT2D eigenvalue weighted by Crippen LogP contribution is 2.40. The minimum absolute atomic E-state index is 0.657. The van der Waals surface area contributed by atoms with Crippen LogP contribution in [-0.4, -0.2) is 34.2 Å². The highest BCUT2D eigenvalue weighted by molar-refractivity contribution is 5.80. The van der Waals surface area contributed by atoms with Gasteiger partial charge in [-0.2, -0.15) is 0 Å². The lowest BCUT2D eigenvalue weighted by atomic mass is 10.0. The number of hydrogen-bond acceptors (Lipinski definition) is 8. The van der Waals surface area contributed by atoms with Gasteiger partial charge >= 0.3 is 0 Å². The quantitative estimate of drug-likeness (QED) is 0.179. The smallest absolute Gasteiger partial charge is 0.181 e. The monoisotopic (exact) mass is 552 g/mol. The van der Waals surface area contributed by atoms with Crippen molar-refractivity contribution in [1.29, 1.82) is 0 Å². The summed E-state index contributed by atoms with van der Waals surface area (Å²) >= 11 is 0. The number of anilines is 6. The van der Waals surface area contributed by atoms with Crippen molar-refractivity contribution in [3.05, 3.63) is 134 Å². The van der Waals surface area contributed by atoms with Crippen molar-refractivity contribution in [2.24, 2.45) is 0 Å². The summed E-state index contributed by atoms with van der Waals surface area (Å²) in [6.45, 7) is 0. The molecule has 2 aromatic carbocycles. The van der Waals surface area contributed by atoms with E-state index in [2.05, 4.69) is 68.5 Å². The molecule has 0 saturated carbocycles. The Kier molecular flexibility index (Phi) is 7.67. The Bertz CT molecular complexity index is 1620. The maximum atomic E-state index is 5.62. The molecule has 0 aliphatic carbocycles.